The molecule has 1 aromatic carbocycles. The normalized spacial score (nSPS) is 10.3. The number of nitrogens with zero attached hydrogens (tertiary/aromatic N) is 3. The first kappa shape index (κ1) is 14.8. The van der Waals surface area contributed by atoms with E-state index in [1.54, 1.807) is 54.6 Å². The van der Waals surface area contributed by atoms with Gasteiger partial charge in [-0.15, -0.1) is 0 Å². The van der Waals surface area contributed by atoms with Crippen molar-refractivity contribution in [2.45, 2.75) is 6.61 Å². The fourth-order valence-electron chi connectivity index (χ4n) is 1.94. The molecule has 3 aromatic rings. The quantitative estimate of drug-likeness (QED) is 0.535. The number of aromatic nitrogens is 3. The fourth-order valence-corrected chi connectivity index (χ4v) is 1.94. The van der Waals surface area contributed by atoms with Gasteiger partial charge in [-0.3, -0.25) is 9.67 Å². The number of benzene rings is 1. The van der Waals surface area contributed by atoms with Crippen molar-refractivity contribution >= 4 is 5.97 Å². The van der Waals surface area contributed by atoms with E-state index in [2.05, 4.69) is 10.1 Å². The van der Waals surface area contributed by atoms with Crippen LogP contribution in [0.4, 0.5) is 0 Å². The lowest BCUT2D eigenvalue weighted by Gasteiger charge is -2.07. The van der Waals surface area contributed by atoms with E-state index >= 15 is 0 Å². The number of pyridine rings is 1. The zero-order valence-electron chi connectivity index (χ0n) is 12.5. The minimum Gasteiger partial charge on any atom is -0.489 e. The molecule has 6 nitrogen and oxygen atoms in total. The number of ether oxygens (including phenoxy) is 2. The Kier molecular flexibility index (Phi) is 4.33. The van der Waals surface area contributed by atoms with Crippen LogP contribution in [0.5, 0.6) is 11.5 Å². The first-order valence-corrected chi connectivity index (χ1v) is 7.03. The SMILES string of the molecule is Cn1cc(C(=O)Oc2ccc(OCc3ccncc3)cc2)cn1. The molecule has 0 saturated carbocycles. The van der Waals surface area contributed by atoms with Crippen LogP contribution in [-0.2, 0) is 13.7 Å². The minimum absolute atomic E-state index is 0.408. The summed E-state index contributed by atoms with van der Waals surface area (Å²) in [5.41, 5.74) is 1.44. The van der Waals surface area contributed by atoms with Gasteiger partial charge in [-0.25, -0.2) is 4.79 Å². The summed E-state index contributed by atoms with van der Waals surface area (Å²) < 4.78 is 12.5. The van der Waals surface area contributed by atoms with E-state index in [1.165, 1.54) is 6.20 Å². The third-order valence-corrected chi connectivity index (χ3v) is 3.13. The molecular weight excluding hydrogens is 294 g/mol. The van der Waals surface area contributed by atoms with Crippen LogP contribution in [-0.4, -0.2) is 20.7 Å². The molecule has 0 saturated heterocycles. The van der Waals surface area contributed by atoms with Crippen molar-refractivity contribution in [2.24, 2.45) is 7.05 Å². The second-order valence-corrected chi connectivity index (χ2v) is 4.91. The van der Waals surface area contributed by atoms with Gasteiger partial charge in [0.1, 0.15) is 18.1 Å². The van der Waals surface area contributed by atoms with Crippen LogP contribution in [0.2, 0.25) is 0 Å². The van der Waals surface area contributed by atoms with Gasteiger partial charge in [-0.2, -0.15) is 5.10 Å². The average Bonchev–Trinajstić information content (AvgIpc) is 3.02. The summed E-state index contributed by atoms with van der Waals surface area (Å²) >= 11 is 0. The monoisotopic (exact) mass is 309 g/mol. The smallest absolute Gasteiger partial charge is 0.346 e. The van der Waals surface area contributed by atoms with E-state index in [4.69, 9.17) is 9.47 Å². The molecule has 116 valence electrons. The fraction of sp³-hybridized carbons (Fsp3) is 0.118. The summed E-state index contributed by atoms with van der Waals surface area (Å²) in [6.07, 6.45) is 6.52. The van der Waals surface area contributed by atoms with Crippen LogP contribution in [0.3, 0.4) is 0 Å². The van der Waals surface area contributed by atoms with Crippen LogP contribution in [0.25, 0.3) is 0 Å². The zero-order chi connectivity index (χ0) is 16.1. The van der Waals surface area contributed by atoms with Gasteiger partial charge in [-0.1, -0.05) is 0 Å². The number of hydrogen-bond acceptors (Lipinski definition) is 5. The van der Waals surface area contributed by atoms with Gasteiger partial charge in [0.15, 0.2) is 0 Å². The number of esters is 1. The Morgan fingerprint density at radius 1 is 1.09 bits per heavy atom. The van der Waals surface area contributed by atoms with E-state index in [0.717, 1.165) is 5.56 Å². The Labute approximate surface area is 133 Å². The first-order chi connectivity index (χ1) is 11.2. The number of hydrogen-bond donors (Lipinski definition) is 0. The number of carbonyl (C=O) groups is 1. The van der Waals surface area contributed by atoms with Crippen molar-refractivity contribution in [3.63, 3.8) is 0 Å². The molecule has 0 amide bonds. The highest BCUT2D eigenvalue weighted by Gasteiger charge is 2.10. The van der Waals surface area contributed by atoms with Crippen molar-refractivity contribution in [3.8, 4) is 11.5 Å². The van der Waals surface area contributed by atoms with Crippen LogP contribution < -0.4 is 9.47 Å². The molecule has 0 spiro atoms. The maximum absolute atomic E-state index is 11.9. The summed E-state index contributed by atoms with van der Waals surface area (Å²) in [4.78, 5) is 15.9. The molecule has 0 aliphatic rings. The van der Waals surface area contributed by atoms with Gasteiger partial charge < -0.3 is 9.47 Å². The number of aryl methyl sites for hydroxylation is 1. The third-order valence-electron chi connectivity index (χ3n) is 3.13. The van der Waals surface area contributed by atoms with Crippen molar-refractivity contribution < 1.29 is 14.3 Å². The Bertz CT molecular complexity index is 782. The molecule has 3 rings (SSSR count). The van der Waals surface area contributed by atoms with Gasteiger partial charge in [0.05, 0.1) is 11.8 Å². The third kappa shape index (κ3) is 3.94. The number of rotatable bonds is 5. The summed E-state index contributed by atoms with van der Waals surface area (Å²) in [5, 5.41) is 3.94. The van der Waals surface area contributed by atoms with E-state index in [9.17, 15) is 4.79 Å². The molecule has 0 unspecified atom stereocenters. The van der Waals surface area contributed by atoms with Crippen molar-refractivity contribution in [3.05, 3.63) is 72.3 Å². The maximum atomic E-state index is 11.9. The van der Waals surface area contributed by atoms with Crippen molar-refractivity contribution in [1.82, 2.24) is 14.8 Å². The average molecular weight is 309 g/mol. The van der Waals surface area contributed by atoms with Crippen molar-refractivity contribution in [2.75, 3.05) is 0 Å². The molecular formula is C17H15N3O3. The summed E-state index contributed by atoms with van der Waals surface area (Å²) in [7, 11) is 1.74. The van der Waals surface area contributed by atoms with E-state index < -0.39 is 5.97 Å². The molecule has 0 N–H and O–H groups in total. The number of carbonyl (C=O) groups excluding carboxylic acids is 1. The lowest BCUT2D eigenvalue weighted by molar-refractivity contribution is 0.0734. The standard InChI is InChI=1S/C17H15N3O3/c1-20-11-14(10-19-20)17(21)23-16-4-2-15(3-5-16)22-12-13-6-8-18-9-7-13/h2-11H,12H2,1H3. The van der Waals surface area contributed by atoms with Crippen LogP contribution in [0, 0.1) is 0 Å². The highest BCUT2D eigenvalue weighted by molar-refractivity contribution is 5.90. The van der Waals surface area contributed by atoms with E-state index in [-0.39, 0.29) is 0 Å². The molecule has 2 aromatic heterocycles. The molecule has 2 heterocycles. The van der Waals surface area contributed by atoms with Gasteiger partial charge >= 0.3 is 5.97 Å². The Morgan fingerprint density at radius 3 is 2.43 bits per heavy atom. The lowest BCUT2D eigenvalue weighted by Crippen LogP contribution is -2.07. The first-order valence-electron chi connectivity index (χ1n) is 7.03. The molecule has 0 bridgehead atoms. The molecule has 0 radical (unpaired) electrons. The largest absolute Gasteiger partial charge is 0.489 e. The second-order valence-electron chi connectivity index (χ2n) is 4.91. The summed E-state index contributed by atoms with van der Waals surface area (Å²) in [6.45, 7) is 0.456. The molecule has 0 aliphatic carbocycles. The minimum atomic E-state index is -0.441. The second kappa shape index (κ2) is 6.74. The van der Waals surface area contributed by atoms with E-state index in [1.807, 2.05) is 12.1 Å². The highest BCUT2D eigenvalue weighted by Crippen LogP contribution is 2.19. The highest BCUT2D eigenvalue weighted by atomic mass is 16.5. The van der Waals surface area contributed by atoms with Gasteiger partial charge in [0.2, 0.25) is 0 Å². The lowest BCUT2D eigenvalue weighted by atomic mass is 10.3. The van der Waals surface area contributed by atoms with E-state index in [0.29, 0.717) is 23.7 Å². The van der Waals surface area contributed by atoms with Gasteiger partial charge in [0, 0.05) is 25.6 Å². The Morgan fingerprint density at radius 2 is 1.78 bits per heavy atom. The molecule has 0 fully saturated rings. The zero-order valence-corrected chi connectivity index (χ0v) is 12.5. The summed E-state index contributed by atoms with van der Waals surface area (Å²) in [6, 6.07) is 10.7. The van der Waals surface area contributed by atoms with Gasteiger partial charge in [0.25, 0.3) is 0 Å². The van der Waals surface area contributed by atoms with Crippen molar-refractivity contribution in [1.29, 1.82) is 0 Å². The topological polar surface area (TPSA) is 66.2 Å². The van der Waals surface area contributed by atoms with Crippen LogP contribution in [0.1, 0.15) is 15.9 Å². The molecule has 0 aliphatic heterocycles. The molecule has 0 atom stereocenters. The Hall–Kier alpha value is -3.15. The maximum Gasteiger partial charge on any atom is 0.346 e. The molecule has 6 heteroatoms. The van der Waals surface area contributed by atoms with Crippen LogP contribution >= 0.6 is 0 Å². The predicted octanol–water partition coefficient (Wildman–Crippen LogP) is 2.61. The summed E-state index contributed by atoms with van der Waals surface area (Å²) in [5.74, 6) is 0.710. The molecule has 23 heavy (non-hydrogen) atoms. The predicted molar refractivity (Wildman–Crippen MR) is 83.2 cm³/mol. The Balaban J connectivity index is 1.57. The van der Waals surface area contributed by atoms with Gasteiger partial charge in [-0.05, 0) is 42.0 Å². The van der Waals surface area contributed by atoms with Crippen LogP contribution in [0.15, 0.2) is 61.2 Å².